The smallest absolute Gasteiger partial charge is 0.267 e. The molecule has 0 aliphatic rings. The van der Waals surface area contributed by atoms with Crippen LogP contribution < -0.4 is 10.9 Å². The van der Waals surface area contributed by atoms with Gasteiger partial charge < -0.3 is 0 Å². The minimum Gasteiger partial charge on any atom is -0.267 e. The van der Waals surface area contributed by atoms with Gasteiger partial charge in [-0.15, -0.1) is 0 Å². The number of aromatic nitrogens is 1. The number of benzene rings is 1. The van der Waals surface area contributed by atoms with Crippen molar-refractivity contribution in [2.75, 3.05) is 0 Å². The number of carbonyl (C=O) groups is 2. The Bertz CT molecular complexity index is 570. The maximum absolute atomic E-state index is 12.7. The fourth-order valence-electron chi connectivity index (χ4n) is 1.37. The molecule has 0 spiro atoms. The van der Waals surface area contributed by atoms with Crippen LogP contribution in [0.15, 0.2) is 42.6 Å². The molecular formula is C13H9F2N3O2. The number of hydrazine groups is 1. The van der Waals surface area contributed by atoms with Crippen molar-refractivity contribution < 1.29 is 18.4 Å². The number of amides is 2. The molecule has 0 unspecified atom stereocenters. The highest BCUT2D eigenvalue weighted by molar-refractivity contribution is 5.98. The van der Waals surface area contributed by atoms with E-state index in [4.69, 9.17) is 0 Å². The van der Waals surface area contributed by atoms with Gasteiger partial charge in [0.15, 0.2) is 0 Å². The summed E-state index contributed by atoms with van der Waals surface area (Å²) in [5.41, 5.74) is 4.56. The summed E-state index contributed by atoms with van der Waals surface area (Å²) in [6, 6.07) is 7.05. The van der Waals surface area contributed by atoms with Crippen LogP contribution in [0.3, 0.4) is 0 Å². The Morgan fingerprint density at radius 1 is 0.850 bits per heavy atom. The van der Waals surface area contributed by atoms with Gasteiger partial charge in [0.1, 0.15) is 5.82 Å². The first-order valence-corrected chi connectivity index (χ1v) is 5.54. The highest BCUT2D eigenvalue weighted by atomic mass is 19.1. The molecule has 2 rings (SSSR count). The van der Waals surface area contributed by atoms with Crippen LogP contribution in [0.5, 0.6) is 0 Å². The number of nitrogens with one attached hydrogen (secondary N) is 2. The fraction of sp³-hybridized carbons (Fsp3) is 0. The zero-order valence-electron chi connectivity index (χ0n) is 10.1. The van der Waals surface area contributed by atoms with E-state index in [1.165, 1.54) is 18.2 Å². The summed E-state index contributed by atoms with van der Waals surface area (Å²) in [6.45, 7) is 0. The number of nitrogens with zero attached hydrogens (tertiary/aromatic N) is 1. The van der Waals surface area contributed by atoms with Crippen molar-refractivity contribution in [2.24, 2.45) is 0 Å². The van der Waals surface area contributed by atoms with Gasteiger partial charge in [-0.1, -0.05) is 0 Å². The molecule has 0 saturated carbocycles. The van der Waals surface area contributed by atoms with E-state index in [-0.39, 0.29) is 11.1 Å². The van der Waals surface area contributed by atoms with Crippen molar-refractivity contribution in [3.8, 4) is 0 Å². The number of carbonyl (C=O) groups excluding carboxylic acids is 2. The van der Waals surface area contributed by atoms with Crippen LogP contribution in [0.1, 0.15) is 20.7 Å². The van der Waals surface area contributed by atoms with Gasteiger partial charge in [0.25, 0.3) is 11.8 Å². The molecule has 2 amide bonds. The molecule has 102 valence electrons. The molecule has 0 aliphatic carbocycles. The third kappa shape index (κ3) is 3.35. The van der Waals surface area contributed by atoms with Gasteiger partial charge >= 0.3 is 0 Å². The largest absolute Gasteiger partial charge is 0.271 e. The standard InChI is InChI=1S/C13H9F2N3O2/c14-10-4-1-8(2-5-10)12(19)17-18-13(20)9-3-6-11(15)16-7-9/h1-7H,(H,17,19)(H,18,20). The topological polar surface area (TPSA) is 71.1 Å². The van der Waals surface area contributed by atoms with E-state index in [1.807, 2.05) is 0 Å². The summed E-state index contributed by atoms with van der Waals surface area (Å²) >= 11 is 0. The Hall–Kier alpha value is -2.83. The summed E-state index contributed by atoms with van der Waals surface area (Å²) in [5.74, 6) is -2.43. The quantitative estimate of drug-likeness (QED) is 0.644. The third-order valence-corrected chi connectivity index (χ3v) is 2.39. The molecule has 1 aromatic heterocycles. The van der Waals surface area contributed by atoms with Crippen molar-refractivity contribution in [1.29, 1.82) is 0 Å². The minimum atomic E-state index is -0.711. The first-order chi connectivity index (χ1) is 9.56. The number of hydrogen-bond donors (Lipinski definition) is 2. The van der Waals surface area contributed by atoms with E-state index in [1.54, 1.807) is 0 Å². The molecule has 0 aliphatic heterocycles. The predicted octanol–water partition coefficient (Wildman–Crippen LogP) is 1.43. The Kier molecular flexibility index (Phi) is 3.99. The van der Waals surface area contributed by atoms with Crippen LogP contribution in [-0.2, 0) is 0 Å². The van der Waals surface area contributed by atoms with E-state index in [0.717, 1.165) is 24.4 Å². The van der Waals surface area contributed by atoms with Gasteiger partial charge in [0.05, 0.1) is 5.56 Å². The number of hydrogen-bond acceptors (Lipinski definition) is 3. The summed E-state index contributed by atoms with van der Waals surface area (Å²) < 4.78 is 25.3. The SMILES string of the molecule is O=C(NNC(=O)c1ccc(F)nc1)c1ccc(F)cc1. The summed E-state index contributed by atoms with van der Waals surface area (Å²) in [7, 11) is 0. The van der Waals surface area contributed by atoms with Crippen LogP contribution in [-0.4, -0.2) is 16.8 Å². The lowest BCUT2D eigenvalue weighted by Crippen LogP contribution is -2.41. The van der Waals surface area contributed by atoms with Gasteiger partial charge in [-0.25, -0.2) is 9.37 Å². The molecule has 0 radical (unpaired) electrons. The van der Waals surface area contributed by atoms with Crippen molar-refractivity contribution in [1.82, 2.24) is 15.8 Å². The van der Waals surface area contributed by atoms with Gasteiger partial charge in [-0.05, 0) is 36.4 Å². The highest BCUT2D eigenvalue weighted by Crippen LogP contribution is 2.02. The van der Waals surface area contributed by atoms with Crippen molar-refractivity contribution in [3.63, 3.8) is 0 Å². The second-order valence-corrected chi connectivity index (χ2v) is 3.78. The van der Waals surface area contributed by atoms with Crippen LogP contribution >= 0.6 is 0 Å². The van der Waals surface area contributed by atoms with Gasteiger partial charge in [-0.3, -0.25) is 20.4 Å². The summed E-state index contributed by atoms with van der Waals surface area (Å²) in [4.78, 5) is 26.5. The minimum absolute atomic E-state index is 0.0887. The molecule has 0 bridgehead atoms. The monoisotopic (exact) mass is 277 g/mol. The lowest BCUT2D eigenvalue weighted by Gasteiger charge is -2.07. The van der Waals surface area contributed by atoms with Crippen molar-refractivity contribution in [2.45, 2.75) is 0 Å². The molecule has 0 atom stereocenters. The fourth-order valence-corrected chi connectivity index (χ4v) is 1.37. The number of pyridine rings is 1. The third-order valence-electron chi connectivity index (χ3n) is 2.39. The molecule has 2 N–H and O–H groups in total. The summed E-state index contributed by atoms with van der Waals surface area (Å²) in [6.07, 6.45) is 1.04. The lowest BCUT2D eigenvalue weighted by molar-refractivity contribution is 0.0846. The first kappa shape index (κ1) is 13.6. The predicted molar refractivity (Wildman–Crippen MR) is 65.5 cm³/mol. The molecule has 20 heavy (non-hydrogen) atoms. The molecule has 0 saturated heterocycles. The van der Waals surface area contributed by atoms with Gasteiger partial charge in [0.2, 0.25) is 5.95 Å². The van der Waals surface area contributed by atoms with E-state index in [9.17, 15) is 18.4 Å². The Labute approximate surface area is 112 Å². The maximum Gasteiger partial charge on any atom is 0.271 e. The zero-order chi connectivity index (χ0) is 14.5. The lowest BCUT2D eigenvalue weighted by atomic mass is 10.2. The highest BCUT2D eigenvalue weighted by Gasteiger charge is 2.09. The van der Waals surface area contributed by atoms with E-state index < -0.39 is 23.6 Å². The molecule has 1 aromatic carbocycles. The Morgan fingerprint density at radius 3 is 1.95 bits per heavy atom. The second kappa shape index (κ2) is 5.87. The number of rotatable bonds is 2. The van der Waals surface area contributed by atoms with Crippen molar-refractivity contribution in [3.05, 3.63) is 65.5 Å². The van der Waals surface area contributed by atoms with E-state index in [2.05, 4.69) is 15.8 Å². The van der Waals surface area contributed by atoms with Crippen molar-refractivity contribution >= 4 is 11.8 Å². The van der Waals surface area contributed by atoms with Crippen LogP contribution in [0.4, 0.5) is 8.78 Å². The Balaban J connectivity index is 1.94. The van der Waals surface area contributed by atoms with Crippen LogP contribution in [0, 0.1) is 11.8 Å². The van der Waals surface area contributed by atoms with Crippen LogP contribution in [0.2, 0.25) is 0 Å². The van der Waals surface area contributed by atoms with Gasteiger partial charge in [0, 0.05) is 11.8 Å². The molecule has 5 nitrogen and oxygen atoms in total. The van der Waals surface area contributed by atoms with E-state index >= 15 is 0 Å². The van der Waals surface area contributed by atoms with Crippen LogP contribution in [0.25, 0.3) is 0 Å². The van der Waals surface area contributed by atoms with Gasteiger partial charge in [-0.2, -0.15) is 4.39 Å². The normalized spacial score (nSPS) is 9.90. The molecule has 2 aromatic rings. The second-order valence-electron chi connectivity index (χ2n) is 3.78. The summed E-state index contributed by atoms with van der Waals surface area (Å²) in [5, 5.41) is 0. The number of halogens is 2. The Morgan fingerprint density at radius 2 is 1.40 bits per heavy atom. The molecule has 7 heteroatoms. The molecular weight excluding hydrogens is 268 g/mol. The molecule has 1 heterocycles. The van der Waals surface area contributed by atoms with E-state index in [0.29, 0.717) is 0 Å². The molecule has 0 fully saturated rings. The average molecular weight is 277 g/mol. The average Bonchev–Trinajstić information content (AvgIpc) is 2.46. The maximum atomic E-state index is 12.7. The zero-order valence-corrected chi connectivity index (χ0v) is 10.1. The first-order valence-electron chi connectivity index (χ1n) is 5.54.